The Bertz CT molecular complexity index is 977. The molecule has 0 unspecified atom stereocenters. The van der Waals surface area contributed by atoms with Crippen LogP contribution in [0.2, 0.25) is 0 Å². The molecule has 2 amide bonds. The molecule has 2 aromatic rings. The fourth-order valence-corrected chi connectivity index (χ4v) is 2.56. The molecule has 10 heteroatoms. The summed E-state index contributed by atoms with van der Waals surface area (Å²) in [5, 5.41) is 5.26. The van der Waals surface area contributed by atoms with Crippen molar-refractivity contribution in [2.24, 2.45) is 5.92 Å². The summed E-state index contributed by atoms with van der Waals surface area (Å²) in [7, 11) is 0. The van der Waals surface area contributed by atoms with Crippen molar-refractivity contribution < 1.29 is 23.1 Å². The first-order valence-electron chi connectivity index (χ1n) is 9.74. The molecule has 8 nitrogen and oxygen atoms in total. The van der Waals surface area contributed by atoms with Crippen molar-refractivity contribution >= 4 is 17.8 Å². The molecule has 2 aromatic heterocycles. The number of hydrogen-bond acceptors (Lipinski definition) is 6. The quantitative estimate of drug-likeness (QED) is 0.591. The highest BCUT2D eigenvalue weighted by atomic mass is 19.3. The van der Waals surface area contributed by atoms with E-state index >= 15 is 0 Å². The highest BCUT2D eigenvalue weighted by Gasteiger charge is 2.39. The smallest absolute Gasteiger partial charge is 0.304 e. The van der Waals surface area contributed by atoms with Crippen LogP contribution in [0.1, 0.15) is 42.7 Å². The third-order valence-corrected chi connectivity index (χ3v) is 4.70. The van der Waals surface area contributed by atoms with Crippen LogP contribution in [-0.4, -0.2) is 38.8 Å². The number of pyridine rings is 1. The Hall–Kier alpha value is -3.43. The lowest BCUT2D eigenvalue weighted by Gasteiger charge is -2.24. The van der Waals surface area contributed by atoms with E-state index < -0.39 is 17.9 Å². The van der Waals surface area contributed by atoms with Crippen molar-refractivity contribution in [2.75, 3.05) is 5.32 Å². The molecular formula is C21H23F2N5O3. The first-order chi connectivity index (χ1) is 14.7. The van der Waals surface area contributed by atoms with Crippen molar-refractivity contribution in [3.63, 3.8) is 0 Å². The van der Waals surface area contributed by atoms with Gasteiger partial charge in [0, 0.05) is 30.9 Å². The second-order valence-corrected chi connectivity index (χ2v) is 7.38. The van der Waals surface area contributed by atoms with Crippen molar-refractivity contribution in [1.82, 2.24) is 20.3 Å². The minimum atomic E-state index is -3.18. The van der Waals surface area contributed by atoms with E-state index in [0.717, 1.165) is 12.8 Å². The first kappa shape index (κ1) is 22.3. The average Bonchev–Trinajstić information content (AvgIpc) is 3.58. The fraction of sp³-hybridized carbons (Fsp3) is 0.381. The maximum Gasteiger partial charge on any atom is 0.304 e. The lowest BCUT2D eigenvalue weighted by molar-refractivity contribution is -0.117. The molecule has 0 aromatic carbocycles. The van der Waals surface area contributed by atoms with E-state index in [1.165, 1.54) is 38.4 Å². The van der Waals surface area contributed by atoms with Crippen molar-refractivity contribution in [1.29, 1.82) is 0 Å². The van der Waals surface area contributed by atoms with E-state index in [-0.39, 0.29) is 41.5 Å². The van der Waals surface area contributed by atoms with E-state index in [9.17, 15) is 18.4 Å². The number of nitrogens with one attached hydrogen (secondary N) is 2. The standard InChI is InChI=1S/C21H23F2N5O3/c1-12(2)21(22,23)13(3)31-17-7-4-14(10-25-17)11-26-19(30)16-8-9-24-20(27-16)28-18(29)15-5-6-15/h4,7-10,13,15H,1,5-6,11H2,2-3H3,(H,26,30)(H,24,27,28,29)/t13-/m1/s1. The van der Waals surface area contributed by atoms with E-state index in [1.54, 1.807) is 6.07 Å². The van der Waals surface area contributed by atoms with Crippen LogP contribution in [0, 0.1) is 5.92 Å². The summed E-state index contributed by atoms with van der Waals surface area (Å²) in [6.45, 7) is 5.90. The zero-order valence-electron chi connectivity index (χ0n) is 17.2. The van der Waals surface area contributed by atoms with Crippen molar-refractivity contribution in [3.05, 3.63) is 54.0 Å². The summed E-state index contributed by atoms with van der Waals surface area (Å²) in [6, 6.07) is 4.48. The molecule has 1 atom stereocenters. The Balaban J connectivity index is 1.53. The first-order valence-corrected chi connectivity index (χ1v) is 9.74. The Labute approximate surface area is 178 Å². The Kier molecular flexibility index (Phi) is 6.57. The Morgan fingerprint density at radius 3 is 2.65 bits per heavy atom. The average molecular weight is 431 g/mol. The van der Waals surface area contributed by atoms with Crippen LogP contribution in [0.25, 0.3) is 0 Å². The van der Waals surface area contributed by atoms with Gasteiger partial charge >= 0.3 is 5.92 Å². The van der Waals surface area contributed by atoms with E-state index in [1.807, 2.05) is 0 Å². The molecule has 0 radical (unpaired) electrons. The number of halogens is 2. The number of aromatic nitrogens is 3. The topological polar surface area (TPSA) is 106 Å². The minimum absolute atomic E-state index is 0.00413. The molecule has 1 saturated carbocycles. The van der Waals surface area contributed by atoms with Gasteiger partial charge in [-0.25, -0.2) is 15.0 Å². The Morgan fingerprint density at radius 2 is 2.03 bits per heavy atom. The molecule has 0 saturated heterocycles. The van der Waals surface area contributed by atoms with Crippen LogP contribution in [0.15, 0.2) is 42.7 Å². The lowest BCUT2D eigenvalue weighted by Crippen LogP contribution is -2.36. The molecule has 1 aliphatic rings. The maximum atomic E-state index is 13.9. The third-order valence-electron chi connectivity index (χ3n) is 4.70. The van der Waals surface area contributed by atoms with Crippen LogP contribution in [0.3, 0.4) is 0 Å². The molecule has 3 rings (SSSR count). The number of hydrogen-bond donors (Lipinski definition) is 2. The highest BCUT2D eigenvalue weighted by Crippen LogP contribution is 2.30. The van der Waals surface area contributed by atoms with Crippen LogP contribution in [0.4, 0.5) is 14.7 Å². The summed E-state index contributed by atoms with van der Waals surface area (Å²) < 4.78 is 33.0. The van der Waals surface area contributed by atoms with Gasteiger partial charge in [-0.1, -0.05) is 12.6 Å². The van der Waals surface area contributed by atoms with Crippen LogP contribution in [-0.2, 0) is 11.3 Å². The molecule has 164 valence electrons. The highest BCUT2D eigenvalue weighted by molar-refractivity contribution is 5.94. The van der Waals surface area contributed by atoms with Crippen molar-refractivity contribution in [3.8, 4) is 5.88 Å². The number of anilines is 1. The van der Waals surface area contributed by atoms with Gasteiger partial charge in [-0.15, -0.1) is 0 Å². The lowest BCUT2D eigenvalue weighted by atomic mass is 10.1. The molecule has 0 aliphatic heterocycles. The largest absolute Gasteiger partial charge is 0.468 e. The van der Waals surface area contributed by atoms with Gasteiger partial charge in [0.25, 0.3) is 5.91 Å². The predicted molar refractivity (Wildman–Crippen MR) is 109 cm³/mol. The van der Waals surface area contributed by atoms with E-state index in [2.05, 4.69) is 32.2 Å². The number of amides is 2. The SMILES string of the molecule is C=C(C)C(F)(F)[C@@H](C)Oc1ccc(CNC(=O)c2ccnc(NC(=O)C3CC3)n2)cn1. The molecule has 2 N–H and O–H groups in total. The zero-order valence-corrected chi connectivity index (χ0v) is 17.2. The van der Waals surface area contributed by atoms with Gasteiger partial charge in [0.2, 0.25) is 17.7 Å². The minimum Gasteiger partial charge on any atom is -0.468 e. The van der Waals surface area contributed by atoms with Gasteiger partial charge < -0.3 is 10.1 Å². The predicted octanol–water partition coefficient (Wildman–Crippen LogP) is 3.13. The second kappa shape index (κ2) is 9.15. The molecule has 2 heterocycles. The molecule has 0 bridgehead atoms. The van der Waals surface area contributed by atoms with Gasteiger partial charge in [0.05, 0.1) is 0 Å². The Morgan fingerprint density at radius 1 is 1.29 bits per heavy atom. The summed E-state index contributed by atoms with van der Waals surface area (Å²) in [6.07, 6.45) is 3.08. The van der Waals surface area contributed by atoms with Crippen molar-refractivity contribution in [2.45, 2.75) is 45.3 Å². The third kappa shape index (κ3) is 5.80. The number of ether oxygens (including phenoxy) is 1. The normalized spacial score (nSPS) is 14.5. The fourth-order valence-electron chi connectivity index (χ4n) is 2.56. The maximum absolute atomic E-state index is 13.9. The molecule has 1 aliphatic carbocycles. The van der Waals surface area contributed by atoms with Gasteiger partial charge in [-0.2, -0.15) is 8.78 Å². The van der Waals surface area contributed by atoms with Gasteiger partial charge in [0.1, 0.15) is 5.69 Å². The summed E-state index contributed by atoms with van der Waals surface area (Å²) in [5.74, 6) is -3.68. The van der Waals surface area contributed by atoms with Gasteiger partial charge in [-0.05, 0) is 43.9 Å². The monoisotopic (exact) mass is 431 g/mol. The number of nitrogens with zero attached hydrogens (tertiary/aromatic N) is 3. The molecular weight excluding hydrogens is 408 g/mol. The molecule has 31 heavy (non-hydrogen) atoms. The van der Waals surface area contributed by atoms with E-state index in [0.29, 0.717) is 5.56 Å². The van der Waals surface area contributed by atoms with Crippen LogP contribution in [0.5, 0.6) is 5.88 Å². The van der Waals surface area contributed by atoms with Gasteiger partial charge in [0.15, 0.2) is 6.10 Å². The summed E-state index contributed by atoms with van der Waals surface area (Å²) >= 11 is 0. The van der Waals surface area contributed by atoms with E-state index in [4.69, 9.17) is 4.74 Å². The summed E-state index contributed by atoms with van der Waals surface area (Å²) in [4.78, 5) is 36.1. The number of carbonyl (C=O) groups excluding carboxylic acids is 2. The molecule has 0 spiro atoms. The van der Waals surface area contributed by atoms with Gasteiger partial charge in [-0.3, -0.25) is 14.9 Å². The number of carbonyl (C=O) groups is 2. The molecule has 1 fully saturated rings. The number of rotatable bonds is 9. The van der Waals surface area contributed by atoms with Crippen LogP contribution >= 0.6 is 0 Å². The second-order valence-electron chi connectivity index (χ2n) is 7.38. The zero-order chi connectivity index (χ0) is 22.6. The number of alkyl halides is 2. The summed E-state index contributed by atoms with van der Waals surface area (Å²) in [5.41, 5.74) is 0.445. The van der Waals surface area contributed by atoms with Crippen LogP contribution < -0.4 is 15.4 Å².